The van der Waals surface area contributed by atoms with E-state index in [2.05, 4.69) is 9.97 Å². The number of halogens is 1. The van der Waals surface area contributed by atoms with Crippen LogP contribution in [0, 0.1) is 5.82 Å². The molecule has 5 heteroatoms. The van der Waals surface area contributed by atoms with Crippen LogP contribution < -0.4 is 0 Å². The van der Waals surface area contributed by atoms with E-state index in [1.807, 2.05) is 42.2 Å². The number of benzene rings is 2. The molecule has 3 aromatic rings. The zero-order valence-electron chi connectivity index (χ0n) is 13.9. The maximum Gasteiger partial charge on any atom is 0.255 e. The number of nitrogens with one attached hydrogen (secondary N) is 1. The van der Waals surface area contributed by atoms with E-state index in [-0.39, 0.29) is 17.8 Å². The van der Waals surface area contributed by atoms with E-state index < -0.39 is 0 Å². The van der Waals surface area contributed by atoms with Gasteiger partial charge in [-0.15, -0.1) is 0 Å². The third-order valence-corrected chi connectivity index (χ3v) is 4.82. The molecule has 1 atom stereocenters. The minimum absolute atomic E-state index is 0.0607. The van der Waals surface area contributed by atoms with Crippen molar-refractivity contribution < 1.29 is 9.18 Å². The summed E-state index contributed by atoms with van der Waals surface area (Å²) in [5.41, 5.74) is 3.37. The van der Waals surface area contributed by atoms with Crippen molar-refractivity contribution in [2.45, 2.75) is 19.4 Å². The van der Waals surface area contributed by atoms with Crippen LogP contribution in [0.25, 0.3) is 11.4 Å². The molecule has 4 rings (SSSR count). The van der Waals surface area contributed by atoms with Crippen LogP contribution in [0.5, 0.6) is 0 Å². The van der Waals surface area contributed by atoms with Gasteiger partial charge in [0.25, 0.3) is 5.91 Å². The number of H-pyrrole nitrogens is 1. The van der Waals surface area contributed by atoms with Crippen LogP contribution in [-0.2, 0) is 6.42 Å². The number of carbonyl (C=O) groups is 1. The number of aromatic nitrogens is 2. The standard InChI is InChI=1S/C20H18FN3O/c1-13-18-12-15(21)7-6-14(18)8-11-24(13)20(25)17-5-3-2-4-16(17)19-22-9-10-23-19/h2-7,9-10,12-13H,8,11H2,1H3,(H,22,23). The minimum Gasteiger partial charge on any atom is -0.345 e. The van der Waals surface area contributed by atoms with E-state index in [0.29, 0.717) is 17.9 Å². The Bertz CT molecular complexity index is 920. The second-order valence-corrected chi connectivity index (χ2v) is 6.25. The van der Waals surface area contributed by atoms with Gasteiger partial charge in [0.1, 0.15) is 11.6 Å². The summed E-state index contributed by atoms with van der Waals surface area (Å²) in [4.78, 5) is 22.3. The minimum atomic E-state index is -0.268. The van der Waals surface area contributed by atoms with Gasteiger partial charge in [-0.3, -0.25) is 4.79 Å². The molecule has 1 aliphatic heterocycles. The highest BCUT2D eigenvalue weighted by Crippen LogP contribution is 2.32. The number of aromatic amines is 1. The van der Waals surface area contributed by atoms with Crippen molar-refractivity contribution in [1.82, 2.24) is 14.9 Å². The molecular formula is C20H18FN3O. The Morgan fingerprint density at radius 1 is 1.28 bits per heavy atom. The van der Waals surface area contributed by atoms with E-state index in [0.717, 1.165) is 23.1 Å². The number of fused-ring (bicyclic) bond motifs is 1. The van der Waals surface area contributed by atoms with Crippen LogP contribution in [-0.4, -0.2) is 27.3 Å². The maximum absolute atomic E-state index is 13.7. The number of rotatable bonds is 2. The summed E-state index contributed by atoms with van der Waals surface area (Å²) >= 11 is 0. The lowest BCUT2D eigenvalue weighted by molar-refractivity contribution is 0.0678. The fourth-order valence-corrected chi connectivity index (χ4v) is 3.51. The molecule has 0 fully saturated rings. The summed E-state index contributed by atoms with van der Waals surface area (Å²) in [6.07, 6.45) is 4.13. The molecule has 0 spiro atoms. The van der Waals surface area contributed by atoms with Crippen molar-refractivity contribution in [3.8, 4) is 11.4 Å². The second-order valence-electron chi connectivity index (χ2n) is 6.25. The third kappa shape index (κ3) is 2.71. The number of carbonyl (C=O) groups excluding carboxylic acids is 1. The maximum atomic E-state index is 13.7. The fraction of sp³-hybridized carbons (Fsp3) is 0.200. The quantitative estimate of drug-likeness (QED) is 0.770. The van der Waals surface area contributed by atoms with Gasteiger partial charge in [-0.25, -0.2) is 9.37 Å². The largest absolute Gasteiger partial charge is 0.345 e. The average molecular weight is 335 g/mol. The molecule has 0 saturated heterocycles. The molecule has 0 bridgehead atoms. The lowest BCUT2D eigenvalue weighted by atomic mass is 9.92. The topological polar surface area (TPSA) is 49.0 Å². The molecule has 0 saturated carbocycles. The van der Waals surface area contributed by atoms with Crippen molar-refractivity contribution in [2.24, 2.45) is 0 Å². The number of nitrogens with zero attached hydrogens (tertiary/aromatic N) is 2. The van der Waals surface area contributed by atoms with Crippen LogP contribution >= 0.6 is 0 Å². The first kappa shape index (κ1) is 15.6. The summed E-state index contributed by atoms with van der Waals surface area (Å²) in [5, 5.41) is 0. The lowest BCUT2D eigenvalue weighted by Crippen LogP contribution is -2.39. The van der Waals surface area contributed by atoms with Gasteiger partial charge in [0.05, 0.1) is 11.6 Å². The van der Waals surface area contributed by atoms with Gasteiger partial charge in [-0.05, 0) is 42.7 Å². The zero-order valence-corrected chi connectivity index (χ0v) is 13.9. The predicted molar refractivity (Wildman–Crippen MR) is 93.6 cm³/mol. The highest BCUT2D eigenvalue weighted by molar-refractivity contribution is 6.00. The first-order valence-corrected chi connectivity index (χ1v) is 8.33. The van der Waals surface area contributed by atoms with Crippen molar-refractivity contribution in [3.63, 3.8) is 0 Å². The van der Waals surface area contributed by atoms with Crippen LogP contribution in [0.3, 0.4) is 0 Å². The molecular weight excluding hydrogens is 317 g/mol. The normalized spacial score (nSPS) is 16.6. The molecule has 1 amide bonds. The molecule has 126 valence electrons. The Kier molecular flexibility index (Phi) is 3.84. The van der Waals surface area contributed by atoms with E-state index in [9.17, 15) is 9.18 Å². The van der Waals surface area contributed by atoms with Crippen molar-refractivity contribution in [2.75, 3.05) is 6.54 Å². The van der Waals surface area contributed by atoms with Crippen LogP contribution in [0.2, 0.25) is 0 Å². The van der Waals surface area contributed by atoms with Gasteiger partial charge < -0.3 is 9.88 Å². The molecule has 4 nitrogen and oxygen atoms in total. The van der Waals surface area contributed by atoms with E-state index in [1.54, 1.807) is 12.4 Å². The molecule has 0 radical (unpaired) electrons. The second kappa shape index (κ2) is 6.16. The summed E-state index contributed by atoms with van der Waals surface area (Å²) in [7, 11) is 0. The van der Waals surface area contributed by atoms with E-state index >= 15 is 0 Å². The Morgan fingerprint density at radius 2 is 2.12 bits per heavy atom. The molecule has 1 aliphatic rings. The Hall–Kier alpha value is -2.95. The van der Waals surface area contributed by atoms with E-state index in [4.69, 9.17) is 0 Å². The molecule has 2 heterocycles. The van der Waals surface area contributed by atoms with Gasteiger partial charge in [0.15, 0.2) is 0 Å². The summed E-state index contributed by atoms with van der Waals surface area (Å²) in [6, 6.07) is 12.1. The zero-order chi connectivity index (χ0) is 17.4. The molecule has 1 N–H and O–H groups in total. The van der Waals surface area contributed by atoms with Gasteiger partial charge >= 0.3 is 0 Å². The first-order valence-electron chi connectivity index (χ1n) is 8.33. The Morgan fingerprint density at radius 3 is 2.92 bits per heavy atom. The molecule has 1 unspecified atom stereocenters. The monoisotopic (exact) mass is 335 g/mol. The molecule has 2 aromatic carbocycles. The Labute approximate surface area is 145 Å². The van der Waals surface area contributed by atoms with E-state index in [1.165, 1.54) is 12.1 Å². The van der Waals surface area contributed by atoms with Gasteiger partial charge in [-0.2, -0.15) is 0 Å². The van der Waals surface area contributed by atoms with Gasteiger partial charge in [-0.1, -0.05) is 24.3 Å². The lowest BCUT2D eigenvalue weighted by Gasteiger charge is -2.35. The number of imidazole rings is 1. The summed E-state index contributed by atoms with van der Waals surface area (Å²) < 4.78 is 13.7. The van der Waals surface area contributed by atoms with Crippen LogP contribution in [0.15, 0.2) is 54.9 Å². The van der Waals surface area contributed by atoms with Gasteiger partial charge in [0.2, 0.25) is 0 Å². The SMILES string of the molecule is CC1c2cc(F)ccc2CCN1C(=O)c1ccccc1-c1ncc[nH]1. The molecule has 1 aromatic heterocycles. The molecule has 0 aliphatic carbocycles. The number of hydrogen-bond donors (Lipinski definition) is 1. The van der Waals surface area contributed by atoms with Crippen molar-refractivity contribution in [3.05, 3.63) is 77.4 Å². The third-order valence-electron chi connectivity index (χ3n) is 4.82. The first-order chi connectivity index (χ1) is 12.1. The summed E-state index contributed by atoms with van der Waals surface area (Å²) in [6.45, 7) is 2.57. The fourth-order valence-electron chi connectivity index (χ4n) is 3.51. The Balaban J connectivity index is 1.71. The smallest absolute Gasteiger partial charge is 0.255 e. The van der Waals surface area contributed by atoms with Crippen molar-refractivity contribution >= 4 is 5.91 Å². The number of amides is 1. The molecule has 25 heavy (non-hydrogen) atoms. The van der Waals surface area contributed by atoms with Crippen LogP contribution in [0.1, 0.15) is 34.5 Å². The predicted octanol–water partition coefficient (Wildman–Crippen LogP) is 3.98. The highest BCUT2D eigenvalue weighted by atomic mass is 19.1. The van der Waals surface area contributed by atoms with Gasteiger partial charge in [0, 0.05) is 24.5 Å². The number of hydrogen-bond acceptors (Lipinski definition) is 2. The average Bonchev–Trinajstić information content (AvgIpc) is 3.16. The highest BCUT2D eigenvalue weighted by Gasteiger charge is 2.30. The van der Waals surface area contributed by atoms with Crippen molar-refractivity contribution in [1.29, 1.82) is 0 Å². The summed E-state index contributed by atoms with van der Waals surface area (Å²) in [5.74, 6) is 0.338. The van der Waals surface area contributed by atoms with Crippen LogP contribution in [0.4, 0.5) is 4.39 Å².